The highest BCUT2D eigenvalue weighted by Gasteiger charge is 2.17. The minimum atomic E-state index is -0.297. The third-order valence-corrected chi connectivity index (χ3v) is 3.64. The van der Waals surface area contributed by atoms with Crippen LogP contribution in [0.2, 0.25) is 0 Å². The van der Waals surface area contributed by atoms with Gasteiger partial charge in [-0.15, -0.1) is 0 Å². The number of oxazole rings is 1. The van der Waals surface area contributed by atoms with E-state index in [0.717, 1.165) is 31.9 Å². The van der Waals surface area contributed by atoms with Crippen molar-refractivity contribution in [3.8, 4) is 11.5 Å². The molecule has 1 aliphatic rings. The van der Waals surface area contributed by atoms with Gasteiger partial charge < -0.3 is 19.4 Å². The highest BCUT2D eigenvalue weighted by molar-refractivity contribution is 5.52. The Labute approximate surface area is 129 Å². The number of hydrogen-bond acceptors (Lipinski definition) is 5. The number of rotatable bonds is 5. The summed E-state index contributed by atoms with van der Waals surface area (Å²) in [5, 5.41) is 3.32. The number of likely N-dealkylation sites (N-methyl/N-ethyl adjacent to an activating group) is 1. The van der Waals surface area contributed by atoms with Gasteiger partial charge >= 0.3 is 0 Å². The summed E-state index contributed by atoms with van der Waals surface area (Å²) in [7, 11) is 2.10. The summed E-state index contributed by atoms with van der Waals surface area (Å²) in [6.45, 7) is 4.06. The minimum absolute atomic E-state index is 0.202. The Kier molecular flexibility index (Phi) is 4.82. The molecule has 1 aromatic carbocycles. The van der Waals surface area contributed by atoms with Crippen molar-refractivity contribution in [1.29, 1.82) is 0 Å². The summed E-state index contributed by atoms with van der Waals surface area (Å²) in [4.78, 5) is 6.63. The van der Waals surface area contributed by atoms with E-state index in [9.17, 15) is 4.39 Å². The average Bonchev–Trinajstić information content (AvgIpc) is 2.96. The summed E-state index contributed by atoms with van der Waals surface area (Å²) in [5.74, 6) is 0.138. The zero-order valence-corrected chi connectivity index (χ0v) is 12.6. The van der Waals surface area contributed by atoms with Gasteiger partial charge in [-0.25, -0.2) is 9.37 Å². The van der Waals surface area contributed by atoms with Gasteiger partial charge in [-0.1, -0.05) is 6.07 Å². The largest absolute Gasteiger partial charge is 0.444 e. The molecule has 2 aromatic rings. The summed E-state index contributed by atoms with van der Waals surface area (Å²) in [6.07, 6.45) is 1.80. The van der Waals surface area contributed by atoms with Crippen molar-refractivity contribution in [1.82, 2.24) is 15.2 Å². The molecule has 1 saturated heterocycles. The molecule has 1 N–H and O–H groups in total. The summed E-state index contributed by atoms with van der Waals surface area (Å²) in [5.41, 5.74) is 1.44. The molecule has 3 rings (SSSR count). The molecule has 0 saturated carbocycles. The molecule has 5 nitrogen and oxygen atoms in total. The van der Waals surface area contributed by atoms with Crippen LogP contribution in [-0.4, -0.2) is 49.3 Å². The molecule has 1 aromatic heterocycles. The van der Waals surface area contributed by atoms with Gasteiger partial charge in [0.2, 0.25) is 5.89 Å². The van der Waals surface area contributed by atoms with E-state index in [2.05, 4.69) is 22.2 Å². The zero-order valence-electron chi connectivity index (χ0n) is 12.6. The van der Waals surface area contributed by atoms with Crippen molar-refractivity contribution in [2.24, 2.45) is 0 Å². The molecule has 22 heavy (non-hydrogen) atoms. The average molecular weight is 305 g/mol. The van der Waals surface area contributed by atoms with Crippen LogP contribution in [0.25, 0.3) is 11.5 Å². The molecule has 1 aliphatic heterocycles. The zero-order chi connectivity index (χ0) is 15.4. The summed E-state index contributed by atoms with van der Waals surface area (Å²) in [6, 6.07) is 6.23. The standard InChI is InChI=1S/C16H20FN3O2/c1-20-5-6-21-15(10-20)9-18-8-14-11-22-16(19-14)12-3-2-4-13(17)7-12/h2-4,7,11,15,18H,5-6,8-10H2,1H3. The molecule has 1 unspecified atom stereocenters. The van der Waals surface area contributed by atoms with Gasteiger partial charge in [-0.3, -0.25) is 0 Å². The molecule has 6 heteroatoms. The number of hydrogen-bond donors (Lipinski definition) is 1. The molecular formula is C16H20FN3O2. The maximum atomic E-state index is 13.2. The van der Waals surface area contributed by atoms with E-state index in [0.29, 0.717) is 18.0 Å². The van der Waals surface area contributed by atoms with Gasteiger partial charge in [0.05, 0.1) is 18.4 Å². The quantitative estimate of drug-likeness (QED) is 0.914. The lowest BCUT2D eigenvalue weighted by Gasteiger charge is -2.30. The van der Waals surface area contributed by atoms with Crippen LogP contribution in [0.1, 0.15) is 5.69 Å². The fourth-order valence-electron chi connectivity index (χ4n) is 2.49. The van der Waals surface area contributed by atoms with Crippen molar-refractivity contribution >= 4 is 0 Å². The van der Waals surface area contributed by atoms with Crippen LogP contribution in [-0.2, 0) is 11.3 Å². The second-order valence-electron chi connectivity index (χ2n) is 5.54. The lowest BCUT2D eigenvalue weighted by molar-refractivity contribution is -0.0182. The molecule has 1 atom stereocenters. The smallest absolute Gasteiger partial charge is 0.226 e. The van der Waals surface area contributed by atoms with Crippen molar-refractivity contribution in [2.45, 2.75) is 12.6 Å². The number of aromatic nitrogens is 1. The fourth-order valence-corrected chi connectivity index (χ4v) is 2.49. The Morgan fingerprint density at radius 1 is 1.45 bits per heavy atom. The van der Waals surface area contributed by atoms with Gasteiger partial charge in [0.15, 0.2) is 0 Å². The van der Waals surface area contributed by atoms with Gasteiger partial charge in [-0.2, -0.15) is 0 Å². The van der Waals surface area contributed by atoms with E-state index in [1.54, 1.807) is 18.4 Å². The molecular weight excluding hydrogens is 285 g/mol. The molecule has 118 valence electrons. The molecule has 1 fully saturated rings. The third kappa shape index (κ3) is 3.91. The predicted octanol–water partition coefficient (Wildman–Crippen LogP) is 1.90. The minimum Gasteiger partial charge on any atom is -0.444 e. The highest BCUT2D eigenvalue weighted by atomic mass is 19.1. The molecule has 0 radical (unpaired) electrons. The summed E-state index contributed by atoms with van der Waals surface area (Å²) < 4.78 is 24.3. The second-order valence-corrected chi connectivity index (χ2v) is 5.54. The van der Waals surface area contributed by atoms with Gasteiger partial charge in [-0.05, 0) is 25.2 Å². The highest BCUT2D eigenvalue weighted by Crippen LogP contribution is 2.19. The summed E-state index contributed by atoms with van der Waals surface area (Å²) >= 11 is 0. The van der Waals surface area contributed by atoms with E-state index in [1.165, 1.54) is 12.1 Å². The monoisotopic (exact) mass is 305 g/mol. The van der Waals surface area contributed by atoms with E-state index in [4.69, 9.17) is 9.15 Å². The molecule has 0 aliphatic carbocycles. The van der Waals surface area contributed by atoms with Crippen LogP contribution >= 0.6 is 0 Å². The van der Waals surface area contributed by atoms with E-state index < -0.39 is 0 Å². The fraction of sp³-hybridized carbons (Fsp3) is 0.438. The molecule has 0 bridgehead atoms. The SMILES string of the molecule is CN1CCOC(CNCc2coc(-c3cccc(F)c3)n2)C1. The van der Waals surface area contributed by atoms with E-state index in [1.807, 2.05) is 0 Å². The first-order valence-corrected chi connectivity index (χ1v) is 7.42. The Hall–Kier alpha value is -1.76. The first kappa shape index (κ1) is 15.1. The van der Waals surface area contributed by atoms with Crippen LogP contribution in [0, 0.1) is 5.82 Å². The van der Waals surface area contributed by atoms with Crippen LogP contribution in [0.3, 0.4) is 0 Å². The molecule has 0 amide bonds. The van der Waals surface area contributed by atoms with Crippen LogP contribution in [0.4, 0.5) is 4.39 Å². The third-order valence-electron chi connectivity index (χ3n) is 3.64. The van der Waals surface area contributed by atoms with Crippen molar-refractivity contribution in [3.63, 3.8) is 0 Å². The number of nitrogens with zero attached hydrogens (tertiary/aromatic N) is 2. The van der Waals surface area contributed by atoms with Crippen molar-refractivity contribution < 1.29 is 13.5 Å². The number of ether oxygens (including phenoxy) is 1. The topological polar surface area (TPSA) is 50.5 Å². The maximum Gasteiger partial charge on any atom is 0.226 e. The van der Waals surface area contributed by atoms with E-state index >= 15 is 0 Å². The number of halogens is 1. The lowest BCUT2D eigenvalue weighted by atomic mass is 10.2. The number of nitrogens with one attached hydrogen (secondary N) is 1. The van der Waals surface area contributed by atoms with Gasteiger partial charge in [0.1, 0.15) is 12.1 Å². The number of morpholine rings is 1. The first-order valence-electron chi connectivity index (χ1n) is 7.42. The van der Waals surface area contributed by atoms with Crippen LogP contribution in [0.5, 0.6) is 0 Å². The van der Waals surface area contributed by atoms with Gasteiger partial charge in [0.25, 0.3) is 0 Å². The second kappa shape index (κ2) is 7.00. The molecule has 2 heterocycles. The Bertz CT molecular complexity index is 617. The van der Waals surface area contributed by atoms with Crippen molar-refractivity contribution in [3.05, 3.63) is 42.0 Å². The van der Waals surface area contributed by atoms with Gasteiger partial charge in [0, 0.05) is 31.7 Å². The van der Waals surface area contributed by atoms with Crippen LogP contribution < -0.4 is 5.32 Å². The maximum absolute atomic E-state index is 13.2. The normalized spacial score (nSPS) is 19.5. The first-order chi connectivity index (χ1) is 10.7. The predicted molar refractivity (Wildman–Crippen MR) is 80.8 cm³/mol. The lowest BCUT2D eigenvalue weighted by Crippen LogP contribution is -2.44. The van der Waals surface area contributed by atoms with Crippen molar-refractivity contribution in [2.75, 3.05) is 33.3 Å². The number of benzene rings is 1. The Balaban J connectivity index is 1.51. The van der Waals surface area contributed by atoms with Crippen LogP contribution in [0.15, 0.2) is 34.9 Å². The molecule has 0 spiro atoms. The van der Waals surface area contributed by atoms with E-state index in [-0.39, 0.29) is 11.9 Å². The Morgan fingerprint density at radius 3 is 3.18 bits per heavy atom. The Morgan fingerprint density at radius 2 is 2.36 bits per heavy atom.